The minimum atomic E-state index is -0.521. The van der Waals surface area contributed by atoms with Gasteiger partial charge in [0.05, 0.1) is 17.7 Å². The molecule has 0 unspecified atom stereocenters. The number of benzene rings is 2. The van der Waals surface area contributed by atoms with Gasteiger partial charge >= 0.3 is 11.9 Å². The first-order valence-electron chi connectivity index (χ1n) is 9.11. The van der Waals surface area contributed by atoms with Crippen LogP contribution in [0.2, 0.25) is 0 Å². The van der Waals surface area contributed by atoms with E-state index in [-0.39, 0.29) is 17.7 Å². The maximum atomic E-state index is 12.4. The minimum Gasteiger partial charge on any atom is -0.462 e. The van der Waals surface area contributed by atoms with Crippen LogP contribution in [0.4, 0.5) is 0 Å². The molecule has 2 aromatic carbocycles. The van der Waals surface area contributed by atoms with Crippen LogP contribution in [0.25, 0.3) is 0 Å². The highest BCUT2D eigenvalue weighted by molar-refractivity contribution is 6.03. The van der Waals surface area contributed by atoms with Crippen molar-refractivity contribution in [3.05, 3.63) is 70.8 Å². The standard InChI is InChI=1S/C22H26O4/c1-3-4-5-10-15-25-21(23)19-13-8-9-14-20(19)22(24)26-16-18-12-7-6-11-17(18)2/h6-9,11-14H,3-5,10,15-16H2,1-2H3. The summed E-state index contributed by atoms with van der Waals surface area (Å²) < 4.78 is 10.7. The summed E-state index contributed by atoms with van der Waals surface area (Å²) in [5.74, 6) is -1.00. The molecule has 0 amide bonds. The van der Waals surface area contributed by atoms with Crippen molar-refractivity contribution in [2.75, 3.05) is 6.61 Å². The molecule has 0 fully saturated rings. The van der Waals surface area contributed by atoms with Crippen molar-refractivity contribution < 1.29 is 19.1 Å². The average Bonchev–Trinajstić information content (AvgIpc) is 2.67. The number of carbonyl (C=O) groups excluding carboxylic acids is 2. The number of carbonyl (C=O) groups is 2. The molecule has 0 aliphatic heterocycles. The van der Waals surface area contributed by atoms with E-state index in [0.717, 1.165) is 36.8 Å². The fourth-order valence-corrected chi connectivity index (χ4v) is 2.60. The van der Waals surface area contributed by atoms with Gasteiger partial charge in [-0.1, -0.05) is 62.6 Å². The number of ether oxygens (including phenoxy) is 2. The van der Waals surface area contributed by atoms with Crippen molar-refractivity contribution >= 4 is 11.9 Å². The topological polar surface area (TPSA) is 52.6 Å². The molecular weight excluding hydrogens is 328 g/mol. The summed E-state index contributed by atoms with van der Waals surface area (Å²) in [7, 11) is 0. The fourth-order valence-electron chi connectivity index (χ4n) is 2.60. The average molecular weight is 354 g/mol. The Morgan fingerprint density at radius 3 is 2.08 bits per heavy atom. The van der Waals surface area contributed by atoms with E-state index in [1.165, 1.54) is 0 Å². The minimum absolute atomic E-state index is 0.173. The largest absolute Gasteiger partial charge is 0.462 e. The quantitative estimate of drug-likeness (QED) is 0.465. The Morgan fingerprint density at radius 2 is 1.42 bits per heavy atom. The van der Waals surface area contributed by atoms with Crippen LogP contribution in [0.5, 0.6) is 0 Å². The predicted octanol–water partition coefficient (Wildman–Crippen LogP) is 5.09. The van der Waals surface area contributed by atoms with Crippen LogP contribution in [0.3, 0.4) is 0 Å². The molecule has 0 saturated carbocycles. The fraction of sp³-hybridized carbons (Fsp3) is 0.364. The van der Waals surface area contributed by atoms with Gasteiger partial charge in [0.25, 0.3) is 0 Å². The van der Waals surface area contributed by atoms with Crippen molar-refractivity contribution in [1.29, 1.82) is 0 Å². The maximum Gasteiger partial charge on any atom is 0.339 e. The van der Waals surface area contributed by atoms with Crippen LogP contribution >= 0.6 is 0 Å². The van der Waals surface area contributed by atoms with Crippen molar-refractivity contribution in [1.82, 2.24) is 0 Å². The van der Waals surface area contributed by atoms with Gasteiger partial charge < -0.3 is 9.47 Å². The molecule has 0 saturated heterocycles. The molecule has 0 heterocycles. The lowest BCUT2D eigenvalue weighted by Gasteiger charge is -2.11. The van der Waals surface area contributed by atoms with Gasteiger partial charge in [0.1, 0.15) is 6.61 Å². The Hall–Kier alpha value is -2.62. The molecule has 0 aromatic heterocycles. The third kappa shape index (κ3) is 5.73. The lowest BCUT2D eigenvalue weighted by molar-refractivity contribution is 0.0436. The summed E-state index contributed by atoms with van der Waals surface area (Å²) in [6, 6.07) is 14.3. The van der Waals surface area contributed by atoms with Gasteiger partial charge in [-0.05, 0) is 36.6 Å². The van der Waals surface area contributed by atoms with Crippen molar-refractivity contribution in [2.24, 2.45) is 0 Å². The van der Waals surface area contributed by atoms with Crippen LogP contribution in [0.1, 0.15) is 64.4 Å². The highest BCUT2D eigenvalue weighted by Crippen LogP contribution is 2.15. The molecule has 2 aromatic rings. The molecule has 0 aliphatic rings. The molecule has 4 heteroatoms. The van der Waals surface area contributed by atoms with E-state index < -0.39 is 11.9 Å². The zero-order valence-electron chi connectivity index (χ0n) is 15.5. The second kappa shape index (κ2) is 10.4. The van der Waals surface area contributed by atoms with Crippen LogP contribution < -0.4 is 0 Å². The Kier molecular flexibility index (Phi) is 7.87. The van der Waals surface area contributed by atoms with E-state index in [1.54, 1.807) is 24.3 Å². The lowest BCUT2D eigenvalue weighted by atomic mass is 10.1. The van der Waals surface area contributed by atoms with Gasteiger partial charge in [0.2, 0.25) is 0 Å². The Bertz CT molecular complexity index is 736. The normalized spacial score (nSPS) is 10.4. The Labute approximate surface area is 155 Å². The molecule has 0 bridgehead atoms. The first-order valence-corrected chi connectivity index (χ1v) is 9.11. The third-order valence-corrected chi connectivity index (χ3v) is 4.22. The number of unbranched alkanes of at least 4 members (excludes halogenated alkanes) is 3. The highest BCUT2D eigenvalue weighted by Gasteiger charge is 2.19. The third-order valence-electron chi connectivity index (χ3n) is 4.22. The van der Waals surface area contributed by atoms with Crippen LogP contribution in [0, 0.1) is 6.92 Å². The van der Waals surface area contributed by atoms with Crippen molar-refractivity contribution in [3.8, 4) is 0 Å². The summed E-state index contributed by atoms with van der Waals surface area (Å²) in [6.07, 6.45) is 4.12. The molecule has 26 heavy (non-hydrogen) atoms. The van der Waals surface area contributed by atoms with Crippen molar-refractivity contribution in [2.45, 2.75) is 46.1 Å². The maximum absolute atomic E-state index is 12.4. The predicted molar refractivity (Wildman–Crippen MR) is 101 cm³/mol. The number of aryl methyl sites for hydroxylation is 1. The van der Waals surface area contributed by atoms with E-state index in [1.807, 2.05) is 31.2 Å². The van der Waals surface area contributed by atoms with Crippen LogP contribution in [-0.2, 0) is 16.1 Å². The van der Waals surface area contributed by atoms with E-state index in [2.05, 4.69) is 6.92 Å². The van der Waals surface area contributed by atoms with Gasteiger partial charge in [-0.2, -0.15) is 0 Å². The lowest BCUT2D eigenvalue weighted by Crippen LogP contribution is -2.14. The summed E-state index contributed by atoms with van der Waals surface area (Å²) in [5, 5.41) is 0. The molecular formula is C22H26O4. The van der Waals surface area contributed by atoms with Crippen LogP contribution in [0.15, 0.2) is 48.5 Å². The van der Waals surface area contributed by atoms with E-state index >= 15 is 0 Å². The molecule has 0 N–H and O–H groups in total. The smallest absolute Gasteiger partial charge is 0.339 e. The Morgan fingerprint density at radius 1 is 0.808 bits per heavy atom. The summed E-state index contributed by atoms with van der Waals surface area (Å²) in [5.41, 5.74) is 2.48. The number of rotatable bonds is 9. The first kappa shape index (κ1) is 19.7. The molecule has 0 atom stereocenters. The Balaban J connectivity index is 1.97. The van der Waals surface area contributed by atoms with Gasteiger partial charge in [0.15, 0.2) is 0 Å². The molecule has 4 nitrogen and oxygen atoms in total. The van der Waals surface area contributed by atoms with E-state index in [0.29, 0.717) is 6.61 Å². The van der Waals surface area contributed by atoms with Gasteiger partial charge in [-0.15, -0.1) is 0 Å². The zero-order chi connectivity index (χ0) is 18.8. The monoisotopic (exact) mass is 354 g/mol. The van der Waals surface area contributed by atoms with Gasteiger partial charge in [0, 0.05) is 0 Å². The molecule has 0 spiro atoms. The van der Waals surface area contributed by atoms with E-state index in [9.17, 15) is 9.59 Å². The number of hydrogen-bond donors (Lipinski definition) is 0. The molecule has 0 radical (unpaired) electrons. The molecule has 138 valence electrons. The second-order valence-electron chi connectivity index (χ2n) is 6.24. The SMILES string of the molecule is CCCCCCOC(=O)c1ccccc1C(=O)OCc1ccccc1C. The number of esters is 2. The summed E-state index contributed by atoms with van der Waals surface area (Å²) in [6.45, 7) is 4.63. The summed E-state index contributed by atoms with van der Waals surface area (Å²) >= 11 is 0. The highest BCUT2D eigenvalue weighted by atomic mass is 16.5. The zero-order valence-corrected chi connectivity index (χ0v) is 15.5. The van der Waals surface area contributed by atoms with E-state index in [4.69, 9.17) is 9.47 Å². The van der Waals surface area contributed by atoms with Gasteiger partial charge in [-0.3, -0.25) is 0 Å². The van der Waals surface area contributed by atoms with Gasteiger partial charge in [-0.25, -0.2) is 9.59 Å². The van der Waals surface area contributed by atoms with Crippen molar-refractivity contribution in [3.63, 3.8) is 0 Å². The molecule has 0 aliphatic carbocycles. The number of hydrogen-bond acceptors (Lipinski definition) is 4. The second-order valence-corrected chi connectivity index (χ2v) is 6.24. The first-order chi connectivity index (χ1) is 12.6. The summed E-state index contributed by atoms with van der Waals surface area (Å²) in [4.78, 5) is 24.7. The van der Waals surface area contributed by atoms with Crippen LogP contribution in [-0.4, -0.2) is 18.5 Å². The molecule has 2 rings (SSSR count).